The lowest BCUT2D eigenvalue weighted by molar-refractivity contribution is -0.118. The van der Waals surface area contributed by atoms with Gasteiger partial charge in [-0.25, -0.2) is 4.39 Å². The number of halogens is 2. The predicted octanol–water partition coefficient (Wildman–Crippen LogP) is 1.90. The number of anilines is 1. The first-order chi connectivity index (χ1) is 8.60. The quantitative estimate of drug-likeness (QED) is 0.895. The van der Waals surface area contributed by atoms with Crippen LogP contribution in [0.4, 0.5) is 10.1 Å². The lowest BCUT2D eigenvalue weighted by atomic mass is 10.2. The fourth-order valence-electron chi connectivity index (χ4n) is 1.90. The van der Waals surface area contributed by atoms with E-state index in [2.05, 4.69) is 26.6 Å². The third kappa shape index (κ3) is 3.07. The number of nitrogens with one attached hydrogen (secondary N) is 2. The minimum Gasteiger partial charge on any atom is -0.380 e. The summed E-state index contributed by atoms with van der Waals surface area (Å²) in [6.07, 6.45) is 0.673. The molecule has 1 amide bonds. The van der Waals surface area contributed by atoms with Gasteiger partial charge in [0.2, 0.25) is 5.91 Å². The summed E-state index contributed by atoms with van der Waals surface area (Å²) in [5, 5.41) is 5.76. The molecule has 0 aliphatic carbocycles. The summed E-state index contributed by atoms with van der Waals surface area (Å²) in [4.78, 5) is 12.0. The third-order valence-electron chi connectivity index (χ3n) is 2.93. The highest BCUT2D eigenvalue weighted by molar-refractivity contribution is 9.10. The van der Waals surface area contributed by atoms with Crippen LogP contribution in [0, 0.1) is 5.82 Å². The minimum absolute atomic E-state index is 0.0525. The number of hydrogen-bond acceptors (Lipinski definition) is 3. The van der Waals surface area contributed by atoms with Gasteiger partial charge in [-0.15, -0.1) is 0 Å². The standard InChI is InChI=1S/C12H14BrFN2O2/c1-18-8-5-11(15-6-8)12(17)16-10-4-7(14)2-3-9(10)13/h2-4,8,11,15H,5-6H2,1H3,(H,16,17). The van der Waals surface area contributed by atoms with Crippen molar-refractivity contribution in [3.63, 3.8) is 0 Å². The average molecular weight is 317 g/mol. The Morgan fingerprint density at radius 2 is 2.39 bits per heavy atom. The molecule has 0 bridgehead atoms. The van der Waals surface area contributed by atoms with Crippen LogP contribution in [0.2, 0.25) is 0 Å². The molecular formula is C12H14BrFN2O2. The van der Waals surface area contributed by atoms with Gasteiger partial charge in [0.25, 0.3) is 0 Å². The number of ether oxygens (including phenoxy) is 1. The predicted molar refractivity (Wildman–Crippen MR) is 69.9 cm³/mol. The van der Waals surface area contributed by atoms with E-state index in [-0.39, 0.29) is 23.9 Å². The maximum atomic E-state index is 13.1. The van der Waals surface area contributed by atoms with Crippen molar-refractivity contribution in [2.45, 2.75) is 18.6 Å². The minimum atomic E-state index is -0.386. The molecule has 2 rings (SSSR count). The second-order valence-corrected chi connectivity index (χ2v) is 5.02. The van der Waals surface area contributed by atoms with Crippen molar-refractivity contribution in [3.05, 3.63) is 28.5 Å². The molecule has 0 saturated carbocycles. The van der Waals surface area contributed by atoms with E-state index in [4.69, 9.17) is 4.74 Å². The molecule has 1 aliphatic rings. The molecule has 6 heteroatoms. The number of carbonyl (C=O) groups excluding carboxylic acids is 1. The van der Waals surface area contributed by atoms with Crippen LogP contribution in [0.15, 0.2) is 22.7 Å². The fourth-order valence-corrected chi connectivity index (χ4v) is 2.24. The third-order valence-corrected chi connectivity index (χ3v) is 3.62. The van der Waals surface area contributed by atoms with Crippen molar-refractivity contribution in [2.75, 3.05) is 19.0 Å². The lowest BCUT2D eigenvalue weighted by Gasteiger charge is -2.12. The Balaban J connectivity index is 2.01. The molecule has 0 spiro atoms. The van der Waals surface area contributed by atoms with Gasteiger partial charge in [-0.05, 0) is 40.5 Å². The van der Waals surface area contributed by atoms with E-state index in [0.29, 0.717) is 23.1 Å². The summed E-state index contributed by atoms with van der Waals surface area (Å²) in [5.74, 6) is -0.566. The van der Waals surface area contributed by atoms with Crippen LogP contribution < -0.4 is 10.6 Å². The van der Waals surface area contributed by atoms with Gasteiger partial charge in [-0.2, -0.15) is 0 Å². The largest absolute Gasteiger partial charge is 0.380 e. The first-order valence-electron chi connectivity index (χ1n) is 5.62. The average Bonchev–Trinajstić information content (AvgIpc) is 2.82. The van der Waals surface area contributed by atoms with E-state index in [0.717, 1.165) is 0 Å². The molecular weight excluding hydrogens is 303 g/mol. The number of benzene rings is 1. The SMILES string of the molecule is COC1CNC(C(=O)Nc2cc(F)ccc2Br)C1. The number of rotatable bonds is 3. The molecule has 18 heavy (non-hydrogen) atoms. The summed E-state index contributed by atoms with van der Waals surface area (Å²) in [5.41, 5.74) is 0.433. The van der Waals surface area contributed by atoms with Crippen LogP contribution >= 0.6 is 15.9 Å². The van der Waals surface area contributed by atoms with Crippen LogP contribution in [0.5, 0.6) is 0 Å². The van der Waals surface area contributed by atoms with Gasteiger partial charge in [-0.1, -0.05) is 0 Å². The van der Waals surface area contributed by atoms with E-state index in [9.17, 15) is 9.18 Å². The second kappa shape index (κ2) is 5.77. The molecule has 2 unspecified atom stereocenters. The molecule has 1 saturated heterocycles. The molecule has 1 fully saturated rings. The van der Waals surface area contributed by atoms with Gasteiger partial charge in [0.05, 0.1) is 17.8 Å². The molecule has 98 valence electrons. The van der Waals surface area contributed by atoms with Gasteiger partial charge in [0, 0.05) is 18.1 Å². The maximum absolute atomic E-state index is 13.1. The van der Waals surface area contributed by atoms with Gasteiger partial charge in [0.15, 0.2) is 0 Å². The number of carbonyl (C=O) groups is 1. The summed E-state index contributed by atoms with van der Waals surface area (Å²) in [6.45, 7) is 0.652. The highest BCUT2D eigenvalue weighted by atomic mass is 79.9. The molecule has 0 radical (unpaired) electrons. The lowest BCUT2D eigenvalue weighted by Crippen LogP contribution is -2.35. The van der Waals surface area contributed by atoms with Crippen LogP contribution in [0.1, 0.15) is 6.42 Å². The summed E-state index contributed by atoms with van der Waals surface area (Å²) >= 11 is 3.27. The molecule has 1 aliphatic heterocycles. The molecule has 1 heterocycles. The van der Waals surface area contributed by atoms with Crippen LogP contribution in [-0.4, -0.2) is 31.7 Å². The number of hydrogen-bond donors (Lipinski definition) is 2. The Kier molecular flexibility index (Phi) is 4.31. The summed E-state index contributed by atoms with van der Waals surface area (Å²) in [6, 6.07) is 3.87. The maximum Gasteiger partial charge on any atom is 0.241 e. The first-order valence-corrected chi connectivity index (χ1v) is 6.41. The van der Waals surface area contributed by atoms with Crippen molar-refractivity contribution in [2.24, 2.45) is 0 Å². The Morgan fingerprint density at radius 3 is 3.06 bits per heavy atom. The molecule has 4 nitrogen and oxygen atoms in total. The number of amides is 1. The topological polar surface area (TPSA) is 50.4 Å². The van der Waals surface area contributed by atoms with Crippen molar-refractivity contribution in [1.29, 1.82) is 0 Å². The zero-order valence-corrected chi connectivity index (χ0v) is 11.5. The molecule has 2 atom stereocenters. The normalized spacial score (nSPS) is 23.1. The Labute approximate surface area is 113 Å². The van der Waals surface area contributed by atoms with E-state index in [1.54, 1.807) is 13.2 Å². The van der Waals surface area contributed by atoms with Gasteiger partial charge in [0.1, 0.15) is 5.82 Å². The fraction of sp³-hybridized carbons (Fsp3) is 0.417. The van der Waals surface area contributed by atoms with Crippen LogP contribution in [-0.2, 0) is 9.53 Å². The van der Waals surface area contributed by atoms with Gasteiger partial charge in [-0.3, -0.25) is 4.79 Å². The van der Waals surface area contributed by atoms with Gasteiger partial charge < -0.3 is 15.4 Å². The van der Waals surface area contributed by atoms with E-state index >= 15 is 0 Å². The van der Waals surface area contributed by atoms with Crippen molar-refractivity contribution in [3.8, 4) is 0 Å². The van der Waals surface area contributed by atoms with Crippen LogP contribution in [0.25, 0.3) is 0 Å². The zero-order valence-electron chi connectivity index (χ0n) is 9.87. The van der Waals surface area contributed by atoms with Gasteiger partial charge >= 0.3 is 0 Å². The molecule has 1 aromatic carbocycles. The second-order valence-electron chi connectivity index (χ2n) is 4.17. The first kappa shape index (κ1) is 13.5. The zero-order chi connectivity index (χ0) is 13.1. The Hall–Kier alpha value is -0.980. The van der Waals surface area contributed by atoms with Crippen molar-refractivity contribution < 1.29 is 13.9 Å². The molecule has 0 aromatic heterocycles. The monoisotopic (exact) mass is 316 g/mol. The summed E-state index contributed by atoms with van der Waals surface area (Å²) in [7, 11) is 1.62. The number of methoxy groups -OCH3 is 1. The molecule has 2 N–H and O–H groups in total. The van der Waals surface area contributed by atoms with Crippen molar-refractivity contribution in [1.82, 2.24) is 5.32 Å². The Bertz CT molecular complexity index is 456. The summed E-state index contributed by atoms with van der Waals surface area (Å²) < 4.78 is 18.9. The molecule has 1 aromatic rings. The van der Waals surface area contributed by atoms with Crippen molar-refractivity contribution >= 4 is 27.5 Å². The Morgan fingerprint density at radius 1 is 1.61 bits per heavy atom. The highest BCUT2D eigenvalue weighted by Gasteiger charge is 2.29. The van der Waals surface area contributed by atoms with E-state index in [1.807, 2.05) is 0 Å². The van der Waals surface area contributed by atoms with E-state index < -0.39 is 0 Å². The van der Waals surface area contributed by atoms with Crippen LogP contribution in [0.3, 0.4) is 0 Å². The van der Waals surface area contributed by atoms with E-state index in [1.165, 1.54) is 12.1 Å². The highest BCUT2D eigenvalue weighted by Crippen LogP contribution is 2.23. The smallest absolute Gasteiger partial charge is 0.241 e.